The normalized spacial score (nSPS) is 20.2. The van der Waals surface area contributed by atoms with Gasteiger partial charge in [-0.25, -0.2) is 4.98 Å². The molecule has 0 amide bonds. The molecule has 2 nitrogen and oxygen atoms in total. The summed E-state index contributed by atoms with van der Waals surface area (Å²) in [5, 5.41) is 6.74. The third-order valence-corrected chi connectivity index (χ3v) is 3.94. The molecule has 0 radical (unpaired) electrons. The van der Waals surface area contributed by atoms with Crippen LogP contribution in [0.4, 0.5) is 0 Å². The largest absolute Gasteiger partial charge is 0.333 e. The molecule has 0 unspecified atom stereocenters. The van der Waals surface area contributed by atoms with Gasteiger partial charge in [-0.3, -0.25) is 0 Å². The van der Waals surface area contributed by atoms with Gasteiger partial charge >= 0.3 is 0 Å². The van der Waals surface area contributed by atoms with Crippen molar-refractivity contribution in [2.45, 2.75) is 6.42 Å². The summed E-state index contributed by atoms with van der Waals surface area (Å²) in [5.41, 5.74) is 1.28. The van der Waals surface area contributed by atoms with Crippen molar-refractivity contribution in [3.05, 3.63) is 33.1 Å². The Morgan fingerprint density at radius 2 is 2.46 bits per heavy atom. The quantitative estimate of drug-likeness (QED) is 0.706. The molecule has 66 valence electrons. The van der Waals surface area contributed by atoms with Crippen LogP contribution in [0.5, 0.6) is 0 Å². The Hall–Kier alpha value is -0.740. The highest BCUT2D eigenvalue weighted by Crippen LogP contribution is 2.42. The molecule has 2 aliphatic rings. The van der Waals surface area contributed by atoms with E-state index in [4.69, 9.17) is 0 Å². The molecule has 3 rings (SSSR count). The van der Waals surface area contributed by atoms with Crippen molar-refractivity contribution in [3.63, 3.8) is 0 Å². The van der Waals surface area contributed by atoms with E-state index in [2.05, 4.69) is 21.4 Å². The average molecular weight is 208 g/mol. The van der Waals surface area contributed by atoms with Crippen LogP contribution in [0.15, 0.2) is 28.1 Å². The molecule has 0 aliphatic carbocycles. The highest BCUT2D eigenvalue weighted by Gasteiger charge is 2.26. The van der Waals surface area contributed by atoms with E-state index in [1.807, 2.05) is 23.3 Å². The van der Waals surface area contributed by atoms with E-state index in [9.17, 15) is 0 Å². The van der Waals surface area contributed by atoms with Crippen molar-refractivity contribution in [1.82, 2.24) is 9.88 Å². The van der Waals surface area contributed by atoms with E-state index in [1.54, 1.807) is 11.3 Å². The molecule has 0 saturated carbocycles. The molecule has 4 heteroatoms. The highest BCUT2D eigenvalue weighted by atomic mass is 32.2. The lowest BCUT2D eigenvalue weighted by atomic mass is 10.4. The Bertz CT molecular complexity index is 378. The van der Waals surface area contributed by atoms with E-state index in [1.165, 1.54) is 17.1 Å². The van der Waals surface area contributed by atoms with Crippen LogP contribution in [0, 0.1) is 0 Å². The molecule has 1 aromatic heterocycles. The Morgan fingerprint density at radius 1 is 1.46 bits per heavy atom. The number of nitrogens with zero attached hydrogens (tertiary/aromatic N) is 2. The molecule has 0 N–H and O–H groups in total. The topological polar surface area (TPSA) is 16.1 Å². The lowest BCUT2D eigenvalue weighted by molar-refractivity contribution is 0.569. The average Bonchev–Trinajstić information content (AvgIpc) is 2.79. The van der Waals surface area contributed by atoms with Crippen molar-refractivity contribution in [1.29, 1.82) is 0 Å². The van der Waals surface area contributed by atoms with Gasteiger partial charge in [-0.1, -0.05) is 17.8 Å². The molecular formula is C9H8N2S2. The molecule has 0 spiro atoms. The van der Waals surface area contributed by atoms with Gasteiger partial charge in [0.1, 0.15) is 5.01 Å². The molecular weight excluding hydrogens is 200 g/mol. The van der Waals surface area contributed by atoms with E-state index in [0.717, 1.165) is 11.6 Å². The third-order valence-electron chi connectivity index (χ3n) is 2.17. The fourth-order valence-corrected chi connectivity index (χ4v) is 3.32. The summed E-state index contributed by atoms with van der Waals surface area (Å²) in [6.45, 7) is 1.12. The van der Waals surface area contributed by atoms with Gasteiger partial charge in [-0.15, -0.1) is 11.3 Å². The first-order chi connectivity index (χ1) is 6.45. The van der Waals surface area contributed by atoms with E-state index < -0.39 is 0 Å². The van der Waals surface area contributed by atoms with Crippen LogP contribution in [0.3, 0.4) is 0 Å². The highest BCUT2D eigenvalue weighted by molar-refractivity contribution is 8.06. The standard InChI is InChI=1S/C9H8N2S2/c1-2-8-11(4-1)7(6-13-8)9-10-3-5-12-9/h2-3,5-6H,1,4H2. The van der Waals surface area contributed by atoms with Crippen LogP contribution in [0.1, 0.15) is 11.4 Å². The first kappa shape index (κ1) is 7.64. The second kappa shape index (κ2) is 2.89. The summed E-state index contributed by atoms with van der Waals surface area (Å²) in [7, 11) is 0. The van der Waals surface area contributed by atoms with Gasteiger partial charge < -0.3 is 4.90 Å². The molecule has 0 fully saturated rings. The number of rotatable bonds is 1. The van der Waals surface area contributed by atoms with Crippen molar-refractivity contribution >= 4 is 28.8 Å². The monoisotopic (exact) mass is 208 g/mol. The van der Waals surface area contributed by atoms with E-state index in [-0.39, 0.29) is 0 Å². The lowest BCUT2D eigenvalue weighted by Crippen LogP contribution is -2.12. The minimum Gasteiger partial charge on any atom is -0.333 e. The fourth-order valence-electron chi connectivity index (χ4n) is 1.58. The number of thiazole rings is 1. The van der Waals surface area contributed by atoms with Crippen molar-refractivity contribution in [2.75, 3.05) is 6.54 Å². The van der Waals surface area contributed by atoms with Gasteiger partial charge in [-0.05, 0) is 6.42 Å². The minimum absolute atomic E-state index is 1.12. The predicted molar refractivity (Wildman–Crippen MR) is 57.1 cm³/mol. The van der Waals surface area contributed by atoms with Crippen LogP contribution in [-0.4, -0.2) is 16.4 Å². The van der Waals surface area contributed by atoms with E-state index in [0.29, 0.717) is 0 Å². The Kier molecular flexibility index (Phi) is 1.70. The van der Waals surface area contributed by atoms with Crippen LogP contribution in [-0.2, 0) is 0 Å². The zero-order valence-corrected chi connectivity index (χ0v) is 8.57. The fraction of sp³-hybridized carbons (Fsp3) is 0.222. The maximum absolute atomic E-state index is 4.33. The van der Waals surface area contributed by atoms with Crippen molar-refractivity contribution in [3.8, 4) is 0 Å². The maximum Gasteiger partial charge on any atom is 0.140 e. The number of hydrogen-bond donors (Lipinski definition) is 0. The van der Waals surface area contributed by atoms with Gasteiger partial charge in [0.15, 0.2) is 0 Å². The predicted octanol–water partition coefficient (Wildman–Crippen LogP) is 2.74. The van der Waals surface area contributed by atoms with Crippen LogP contribution >= 0.6 is 23.1 Å². The molecule has 0 bridgehead atoms. The number of thioether (sulfide) groups is 1. The SMILES string of the molecule is C1=C2SC=C(c3nccs3)N2CC1. The van der Waals surface area contributed by atoms with Crippen molar-refractivity contribution < 1.29 is 0 Å². The second-order valence-corrected chi connectivity index (χ2v) is 4.73. The van der Waals surface area contributed by atoms with Gasteiger partial charge in [0.05, 0.1) is 10.7 Å². The summed E-state index contributed by atoms with van der Waals surface area (Å²) >= 11 is 3.52. The Labute approximate surface area is 85.0 Å². The maximum atomic E-state index is 4.33. The zero-order valence-electron chi connectivity index (χ0n) is 6.93. The minimum atomic E-state index is 1.12. The molecule has 0 saturated heterocycles. The lowest BCUT2D eigenvalue weighted by Gasteiger charge is -2.15. The molecule has 3 heterocycles. The van der Waals surface area contributed by atoms with Crippen LogP contribution in [0.2, 0.25) is 0 Å². The van der Waals surface area contributed by atoms with E-state index >= 15 is 0 Å². The summed E-state index contributed by atoms with van der Waals surface area (Å²) < 4.78 is 0. The molecule has 0 aromatic carbocycles. The number of fused-ring (bicyclic) bond motifs is 1. The van der Waals surface area contributed by atoms with Gasteiger partial charge in [0, 0.05) is 23.5 Å². The first-order valence-corrected chi connectivity index (χ1v) is 5.95. The summed E-state index contributed by atoms with van der Waals surface area (Å²) in [4.78, 5) is 6.68. The zero-order chi connectivity index (χ0) is 8.67. The molecule has 2 aliphatic heterocycles. The van der Waals surface area contributed by atoms with Crippen LogP contribution in [0.25, 0.3) is 5.70 Å². The third kappa shape index (κ3) is 1.13. The molecule has 13 heavy (non-hydrogen) atoms. The van der Waals surface area contributed by atoms with Gasteiger partial charge in [0.2, 0.25) is 0 Å². The second-order valence-electron chi connectivity index (χ2n) is 2.94. The molecule has 1 aromatic rings. The first-order valence-electron chi connectivity index (χ1n) is 4.19. The van der Waals surface area contributed by atoms with Gasteiger partial charge in [0.25, 0.3) is 0 Å². The summed E-state index contributed by atoms with van der Waals surface area (Å²) in [6, 6.07) is 0. The van der Waals surface area contributed by atoms with Crippen molar-refractivity contribution in [2.24, 2.45) is 0 Å². The number of aromatic nitrogens is 1. The van der Waals surface area contributed by atoms with Gasteiger partial charge in [-0.2, -0.15) is 0 Å². The Morgan fingerprint density at radius 3 is 3.31 bits per heavy atom. The number of hydrogen-bond acceptors (Lipinski definition) is 4. The molecule has 0 atom stereocenters. The summed E-state index contributed by atoms with van der Waals surface area (Å²) in [6.07, 6.45) is 5.33. The summed E-state index contributed by atoms with van der Waals surface area (Å²) in [5.74, 6) is 0. The Balaban J connectivity index is 1.98. The van der Waals surface area contributed by atoms with Crippen LogP contribution < -0.4 is 0 Å². The smallest absolute Gasteiger partial charge is 0.140 e.